The van der Waals surface area contributed by atoms with Crippen molar-refractivity contribution in [1.29, 1.82) is 0 Å². The lowest BCUT2D eigenvalue weighted by molar-refractivity contribution is -0.161. The number of esters is 4. The van der Waals surface area contributed by atoms with Crippen LogP contribution >= 0.6 is 15.6 Å². The fraction of sp³-hybridized carbons (Fsp3) is 0.951. The molecule has 0 saturated carbocycles. The van der Waals surface area contributed by atoms with Crippen molar-refractivity contribution in [3.8, 4) is 0 Å². The van der Waals surface area contributed by atoms with Crippen LogP contribution < -0.4 is 0 Å². The van der Waals surface area contributed by atoms with Crippen LogP contribution in [0.2, 0.25) is 0 Å². The molecule has 0 heterocycles. The van der Waals surface area contributed by atoms with Crippen LogP contribution in [0.5, 0.6) is 0 Å². The van der Waals surface area contributed by atoms with Crippen LogP contribution in [0.4, 0.5) is 0 Å². The minimum absolute atomic E-state index is 0.106. The molecule has 0 aliphatic rings. The van der Waals surface area contributed by atoms with Gasteiger partial charge in [-0.2, -0.15) is 0 Å². The number of hydrogen-bond acceptors (Lipinski definition) is 15. The van der Waals surface area contributed by atoms with Crippen molar-refractivity contribution >= 4 is 39.5 Å². The van der Waals surface area contributed by atoms with Crippen molar-refractivity contribution in [3.63, 3.8) is 0 Å². The van der Waals surface area contributed by atoms with Gasteiger partial charge in [-0.25, -0.2) is 9.13 Å². The molecule has 0 fully saturated rings. The average molecular weight is 1480 g/mol. The highest BCUT2D eigenvalue weighted by Crippen LogP contribution is 2.45. The van der Waals surface area contributed by atoms with Crippen molar-refractivity contribution in [2.24, 2.45) is 23.7 Å². The summed E-state index contributed by atoms with van der Waals surface area (Å²) in [7, 11) is -9.92. The second-order valence-corrected chi connectivity index (χ2v) is 33.9. The predicted octanol–water partition coefficient (Wildman–Crippen LogP) is 24.4. The monoisotopic (exact) mass is 1480 g/mol. The Balaban J connectivity index is 5.20. The van der Waals surface area contributed by atoms with E-state index in [2.05, 4.69) is 55.4 Å². The molecule has 0 radical (unpaired) electrons. The van der Waals surface area contributed by atoms with E-state index in [1.165, 1.54) is 218 Å². The number of aliphatic hydroxyl groups is 1. The van der Waals surface area contributed by atoms with E-state index >= 15 is 0 Å². The molecule has 0 aromatic rings. The zero-order chi connectivity index (χ0) is 74.6. The molecule has 0 aromatic carbocycles. The van der Waals surface area contributed by atoms with E-state index < -0.39 is 97.5 Å². The number of carbonyl (C=O) groups is 4. The number of phosphoric acid groups is 2. The first-order chi connectivity index (χ1) is 48.7. The van der Waals surface area contributed by atoms with Crippen molar-refractivity contribution in [1.82, 2.24) is 0 Å². The van der Waals surface area contributed by atoms with E-state index in [-0.39, 0.29) is 25.7 Å². The normalized spacial score (nSPS) is 14.5. The molecule has 0 aromatic heterocycles. The maximum Gasteiger partial charge on any atom is 0.472 e. The predicted molar refractivity (Wildman–Crippen MR) is 414 cm³/mol. The second-order valence-electron chi connectivity index (χ2n) is 31.0. The molecule has 0 rings (SSSR count). The Morgan fingerprint density at radius 2 is 0.475 bits per heavy atom. The van der Waals surface area contributed by atoms with Gasteiger partial charge in [-0.1, -0.05) is 370 Å². The lowest BCUT2D eigenvalue weighted by atomic mass is 9.99. The number of unbranched alkanes of at least 4 members (excludes halogenated alkanes) is 43. The van der Waals surface area contributed by atoms with Crippen LogP contribution in [0.1, 0.15) is 421 Å². The van der Waals surface area contributed by atoms with E-state index in [0.717, 1.165) is 114 Å². The summed E-state index contributed by atoms with van der Waals surface area (Å²) >= 11 is 0. The average Bonchev–Trinajstić information content (AvgIpc) is 0.956. The van der Waals surface area contributed by atoms with E-state index in [1.807, 2.05) is 0 Å². The number of hydrogen-bond donors (Lipinski definition) is 3. The van der Waals surface area contributed by atoms with Crippen molar-refractivity contribution in [3.05, 3.63) is 0 Å². The standard InChI is InChI=1S/C82H160O17P2/c1-9-74(7)60-52-44-36-28-22-17-15-13-11-12-14-16-18-24-31-39-48-56-64-81(86)99-78(69-93-80(85)63-55-47-41-33-35-43-51-59-73(5)6)71-97-101(90,91)95-67-76(83)66-94-100(88,89)96-70-77(98-82(87)65-57-49-40-32-26-25-29-37-45-53-61-75(8)10-2)68-92-79(84)62-54-46-38-30-23-20-19-21-27-34-42-50-58-72(3)4/h72-78,83H,9-71H2,1-8H3,(H,88,89)(H,90,91)/t74?,75?,76?,77-,78-/m1/s1. The lowest BCUT2D eigenvalue weighted by Crippen LogP contribution is -2.30. The van der Waals surface area contributed by atoms with Gasteiger partial charge in [-0.15, -0.1) is 0 Å². The molecule has 17 nitrogen and oxygen atoms in total. The van der Waals surface area contributed by atoms with Gasteiger partial charge >= 0.3 is 39.5 Å². The third-order valence-corrected chi connectivity index (χ3v) is 21.7. The SMILES string of the molecule is CCC(C)CCCCCCCCCCCCCCCCCCCCC(=O)O[C@H](COC(=O)CCCCCCCCCC(C)C)COP(=O)(O)OCC(O)COP(=O)(O)OC[C@@H](COC(=O)CCCCCCCCCCCCCCC(C)C)OC(=O)CCCCCCCCCCCCC(C)CC. The van der Waals surface area contributed by atoms with Crippen LogP contribution in [0.3, 0.4) is 0 Å². The molecule has 7 atom stereocenters. The van der Waals surface area contributed by atoms with E-state index in [4.69, 9.17) is 37.0 Å². The molecule has 0 bridgehead atoms. The zero-order valence-corrected chi connectivity index (χ0v) is 68.3. The zero-order valence-electron chi connectivity index (χ0n) is 66.5. The molecule has 0 amide bonds. The van der Waals surface area contributed by atoms with E-state index in [1.54, 1.807) is 0 Å². The molecule has 0 saturated heterocycles. The summed E-state index contributed by atoms with van der Waals surface area (Å²) in [5, 5.41) is 10.6. The maximum absolute atomic E-state index is 13.1. The smallest absolute Gasteiger partial charge is 0.462 e. The Bertz CT molecular complexity index is 1980. The topological polar surface area (TPSA) is 237 Å². The first kappa shape index (κ1) is 99.1. The summed E-state index contributed by atoms with van der Waals surface area (Å²) in [4.78, 5) is 73.0. The van der Waals surface area contributed by atoms with E-state index in [9.17, 15) is 43.2 Å². The quantitative estimate of drug-likeness (QED) is 0.0222. The van der Waals surface area contributed by atoms with Crippen molar-refractivity contribution in [2.45, 2.75) is 440 Å². The molecule has 0 spiro atoms. The Labute approximate surface area is 619 Å². The van der Waals surface area contributed by atoms with Gasteiger partial charge in [-0.05, 0) is 49.4 Å². The Morgan fingerprint density at radius 3 is 0.703 bits per heavy atom. The van der Waals surface area contributed by atoms with Crippen LogP contribution in [0.25, 0.3) is 0 Å². The number of ether oxygens (including phenoxy) is 4. The van der Waals surface area contributed by atoms with Gasteiger partial charge in [0, 0.05) is 25.7 Å². The van der Waals surface area contributed by atoms with Gasteiger partial charge in [0.1, 0.15) is 19.3 Å². The molecular formula is C82H160O17P2. The number of carbonyl (C=O) groups excluding carboxylic acids is 4. The molecular weight excluding hydrogens is 1320 g/mol. The highest BCUT2D eigenvalue weighted by atomic mass is 31.2. The van der Waals surface area contributed by atoms with E-state index in [0.29, 0.717) is 31.6 Å². The third kappa shape index (κ3) is 73.4. The van der Waals surface area contributed by atoms with Crippen LogP contribution in [0, 0.1) is 23.7 Å². The van der Waals surface area contributed by atoms with Crippen molar-refractivity contribution < 1.29 is 80.2 Å². The summed E-state index contributed by atoms with van der Waals surface area (Å²) in [5.74, 6) is 1.05. The maximum atomic E-state index is 13.1. The number of rotatable bonds is 79. The minimum Gasteiger partial charge on any atom is -0.462 e. The largest absolute Gasteiger partial charge is 0.472 e. The number of aliphatic hydroxyl groups excluding tert-OH is 1. The highest BCUT2D eigenvalue weighted by Gasteiger charge is 2.30. The van der Waals surface area contributed by atoms with Gasteiger partial charge in [0.2, 0.25) is 0 Å². The fourth-order valence-corrected chi connectivity index (χ4v) is 14.1. The lowest BCUT2D eigenvalue weighted by Gasteiger charge is -2.21. The van der Waals surface area contributed by atoms with Gasteiger partial charge in [-0.3, -0.25) is 37.3 Å². The third-order valence-electron chi connectivity index (χ3n) is 19.8. The minimum atomic E-state index is -4.96. The van der Waals surface area contributed by atoms with Gasteiger partial charge in [0.15, 0.2) is 12.2 Å². The molecule has 5 unspecified atom stereocenters. The Hall–Kier alpha value is -1.94. The van der Waals surface area contributed by atoms with Crippen LogP contribution in [-0.4, -0.2) is 96.7 Å². The van der Waals surface area contributed by atoms with Gasteiger partial charge in [0.05, 0.1) is 26.4 Å². The molecule has 0 aliphatic heterocycles. The summed E-state index contributed by atoms with van der Waals surface area (Å²) in [6.45, 7) is 14.3. The Morgan fingerprint density at radius 1 is 0.277 bits per heavy atom. The highest BCUT2D eigenvalue weighted by molar-refractivity contribution is 7.47. The molecule has 0 aliphatic carbocycles. The summed E-state index contributed by atoms with van der Waals surface area (Å²) in [6.07, 6.45) is 58.3. The summed E-state index contributed by atoms with van der Waals surface area (Å²) < 4.78 is 68.7. The van der Waals surface area contributed by atoms with Gasteiger partial charge < -0.3 is 33.8 Å². The van der Waals surface area contributed by atoms with Crippen molar-refractivity contribution in [2.75, 3.05) is 39.6 Å². The first-order valence-corrected chi connectivity index (χ1v) is 45.3. The molecule has 3 N–H and O–H groups in total. The van der Waals surface area contributed by atoms with Gasteiger partial charge in [0.25, 0.3) is 0 Å². The molecule has 19 heteroatoms. The Kier molecular flexibility index (Phi) is 69.6. The van der Waals surface area contributed by atoms with Crippen LogP contribution in [-0.2, 0) is 65.4 Å². The summed E-state index contributed by atoms with van der Waals surface area (Å²) in [5.41, 5.74) is 0. The summed E-state index contributed by atoms with van der Waals surface area (Å²) in [6, 6.07) is 0. The van der Waals surface area contributed by atoms with Crippen LogP contribution in [0.15, 0.2) is 0 Å². The second kappa shape index (κ2) is 71.0. The number of phosphoric ester groups is 2. The fourth-order valence-electron chi connectivity index (χ4n) is 12.5. The molecule has 101 heavy (non-hydrogen) atoms. The molecule has 600 valence electrons. The first-order valence-electron chi connectivity index (χ1n) is 42.3.